The highest BCUT2D eigenvalue weighted by molar-refractivity contribution is 8.00. The molecule has 1 amide bonds. The van der Waals surface area contributed by atoms with Gasteiger partial charge in [0.05, 0.1) is 16.0 Å². The van der Waals surface area contributed by atoms with Gasteiger partial charge in [0.2, 0.25) is 5.91 Å². The summed E-state index contributed by atoms with van der Waals surface area (Å²) in [6.07, 6.45) is 1.48. The van der Waals surface area contributed by atoms with Crippen LogP contribution in [0.3, 0.4) is 0 Å². The fraction of sp³-hybridized carbons (Fsp3) is 0.0909. The fourth-order valence-electron chi connectivity index (χ4n) is 2.85. The van der Waals surface area contributed by atoms with Crippen LogP contribution in [0, 0.1) is 5.82 Å². The van der Waals surface area contributed by atoms with E-state index in [0.29, 0.717) is 11.3 Å². The van der Waals surface area contributed by atoms with Crippen LogP contribution in [0.5, 0.6) is 0 Å². The molecule has 0 unspecified atom stereocenters. The number of nitrogens with one attached hydrogen (secondary N) is 1. The molecule has 2 heterocycles. The van der Waals surface area contributed by atoms with Crippen LogP contribution in [0.4, 0.5) is 10.1 Å². The van der Waals surface area contributed by atoms with Crippen LogP contribution in [-0.2, 0) is 4.79 Å². The molecule has 30 heavy (non-hydrogen) atoms. The summed E-state index contributed by atoms with van der Waals surface area (Å²) in [5.41, 5.74) is 2.92. The number of Topliss-reactive ketones (excluding diaryl/α,β-unsaturated/α-hetero) is 1. The van der Waals surface area contributed by atoms with Gasteiger partial charge in [-0.15, -0.1) is 11.3 Å². The summed E-state index contributed by atoms with van der Waals surface area (Å²) in [5.74, 6) is -0.237. The van der Waals surface area contributed by atoms with Crippen LogP contribution in [0.15, 0.2) is 66.0 Å². The number of hydrogen-bond acceptors (Lipinski definition) is 6. The first-order valence-electron chi connectivity index (χ1n) is 9.04. The summed E-state index contributed by atoms with van der Waals surface area (Å²) >= 11 is 2.88. The smallest absolute Gasteiger partial charge is 0.221 e. The molecule has 0 aliphatic carbocycles. The van der Waals surface area contributed by atoms with Gasteiger partial charge in [-0.3, -0.25) is 9.59 Å². The second-order valence-electron chi connectivity index (χ2n) is 6.48. The van der Waals surface area contributed by atoms with Crippen molar-refractivity contribution >= 4 is 50.7 Å². The number of carbonyl (C=O) groups excluding carboxylic acids is 2. The standard InChI is InChI=1S/C22H16FN3O2S2/c1-13(27)26-17-8-4-14(5-9-17)19(28)11-29-22-21-18(24-12-25-22)10-20(30-21)15-2-6-16(23)7-3-15/h2-10,12H,11H2,1H3,(H,26,27). The molecule has 4 aromatic rings. The number of thioether (sulfide) groups is 1. The zero-order valence-corrected chi connectivity index (χ0v) is 17.5. The molecule has 0 atom stereocenters. The zero-order valence-electron chi connectivity index (χ0n) is 15.9. The van der Waals surface area contributed by atoms with Crippen molar-refractivity contribution in [2.45, 2.75) is 11.9 Å². The number of aromatic nitrogens is 2. The number of fused-ring (bicyclic) bond motifs is 1. The number of amides is 1. The maximum absolute atomic E-state index is 13.2. The predicted octanol–water partition coefficient (Wildman–Crippen LogP) is 5.43. The average Bonchev–Trinajstić information content (AvgIpc) is 3.17. The topological polar surface area (TPSA) is 72.0 Å². The number of anilines is 1. The molecule has 0 aliphatic rings. The summed E-state index contributed by atoms with van der Waals surface area (Å²) in [4.78, 5) is 33.3. The molecule has 8 heteroatoms. The summed E-state index contributed by atoms with van der Waals surface area (Å²) < 4.78 is 14.1. The highest BCUT2D eigenvalue weighted by Crippen LogP contribution is 2.37. The average molecular weight is 438 g/mol. The van der Waals surface area contributed by atoms with E-state index in [4.69, 9.17) is 0 Å². The van der Waals surface area contributed by atoms with Gasteiger partial charge in [-0.2, -0.15) is 0 Å². The lowest BCUT2D eigenvalue weighted by Crippen LogP contribution is -2.07. The van der Waals surface area contributed by atoms with Gasteiger partial charge in [-0.1, -0.05) is 23.9 Å². The molecule has 1 N–H and O–H groups in total. The molecular formula is C22H16FN3O2S2. The third-order valence-corrected chi connectivity index (χ3v) is 6.57. The van der Waals surface area contributed by atoms with Gasteiger partial charge < -0.3 is 5.32 Å². The van der Waals surface area contributed by atoms with E-state index in [1.54, 1.807) is 36.4 Å². The van der Waals surface area contributed by atoms with E-state index in [0.717, 1.165) is 25.7 Å². The number of carbonyl (C=O) groups is 2. The number of halogens is 1. The Labute approximate surface area is 180 Å². The largest absolute Gasteiger partial charge is 0.326 e. The van der Waals surface area contributed by atoms with Crippen molar-refractivity contribution in [3.8, 4) is 10.4 Å². The maximum atomic E-state index is 13.2. The molecule has 0 fully saturated rings. The number of nitrogens with zero attached hydrogens (tertiary/aromatic N) is 2. The van der Waals surface area contributed by atoms with Crippen LogP contribution in [-0.4, -0.2) is 27.4 Å². The van der Waals surface area contributed by atoms with Gasteiger partial charge in [0.1, 0.15) is 17.2 Å². The lowest BCUT2D eigenvalue weighted by Gasteiger charge is -2.04. The second-order valence-corrected chi connectivity index (χ2v) is 8.50. The minimum absolute atomic E-state index is 0.0311. The highest BCUT2D eigenvalue weighted by Gasteiger charge is 2.13. The van der Waals surface area contributed by atoms with Crippen LogP contribution in [0.2, 0.25) is 0 Å². The third-order valence-electron chi connectivity index (χ3n) is 4.27. The monoisotopic (exact) mass is 437 g/mol. The number of hydrogen-bond donors (Lipinski definition) is 1. The van der Waals surface area contributed by atoms with Crippen LogP contribution < -0.4 is 5.32 Å². The third kappa shape index (κ3) is 4.55. The summed E-state index contributed by atoms with van der Waals surface area (Å²) in [6.45, 7) is 1.43. The molecule has 4 rings (SSSR count). The molecule has 0 bridgehead atoms. The summed E-state index contributed by atoms with van der Waals surface area (Å²) in [6, 6.07) is 15.1. The van der Waals surface area contributed by atoms with E-state index in [1.165, 1.54) is 48.5 Å². The molecule has 0 saturated heterocycles. The minimum atomic E-state index is -0.278. The van der Waals surface area contributed by atoms with E-state index in [-0.39, 0.29) is 23.3 Å². The van der Waals surface area contributed by atoms with Crippen molar-refractivity contribution in [2.75, 3.05) is 11.1 Å². The van der Waals surface area contributed by atoms with Crippen molar-refractivity contribution in [1.82, 2.24) is 9.97 Å². The summed E-state index contributed by atoms with van der Waals surface area (Å²) in [5, 5.41) is 3.41. The van der Waals surface area contributed by atoms with E-state index in [9.17, 15) is 14.0 Å². The SMILES string of the molecule is CC(=O)Nc1ccc(C(=O)CSc2ncnc3cc(-c4ccc(F)cc4)sc23)cc1. The molecule has 5 nitrogen and oxygen atoms in total. The molecule has 150 valence electrons. The minimum Gasteiger partial charge on any atom is -0.326 e. The fourth-order valence-corrected chi connectivity index (χ4v) is 4.95. The van der Waals surface area contributed by atoms with Crippen LogP contribution in [0.25, 0.3) is 20.7 Å². The van der Waals surface area contributed by atoms with Crippen LogP contribution in [0.1, 0.15) is 17.3 Å². The van der Waals surface area contributed by atoms with Gasteiger partial charge in [0.15, 0.2) is 5.78 Å². The molecule has 0 saturated carbocycles. The molecule has 2 aromatic heterocycles. The Morgan fingerprint density at radius 1 is 1.07 bits per heavy atom. The van der Waals surface area contributed by atoms with Gasteiger partial charge >= 0.3 is 0 Å². The number of ketones is 1. The van der Waals surface area contributed by atoms with Crippen molar-refractivity contribution in [3.63, 3.8) is 0 Å². The maximum Gasteiger partial charge on any atom is 0.221 e. The molecule has 0 aliphatic heterocycles. The number of rotatable bonds is 6. The quantitative estimate of drug-likeness (QED) is 0.247. The Morgan fingerprint density at radius 3 is 2.50 bits per heavy atom. The predicted molar refractivity (Wildman–Crippen MR) is 119 cm³/mol. The van der Waals surface area contributed by atoms with Crippen molar-refractivity contribution < 1.29 is 14.0 Å². The van der Waals surface area contributed by atoms with Gasteiger partial charge in [0, 0.05) is 23.1 Å². The second kappa shape index (κ2) is 8.73. The first kappa shape index (κ1) is 20.2. The van der Waals surface area contributed by atoms with Gasteiger partial charge in [-0.05, 0) is 48.0 Å². The normalized spacial score (nSPS) is 10.9. The number of benzene rings is 2. The van der Waals surface area contributed by atoms with Crippen molar-refractivity contribution in [3.05, 3.63) is 72.3 Å². The van der Waals surface area contributed by atoms with Gasteiger partial charge in [-0.25, -0.2) is 14.4 Å². The van der Waals surface area contributed by atoms with Crippen LogP contribution >= 0.6 is 23.1 Å². The van der Waals surface area contributed by atoms with E-state index in [1.807, 2.05) is 6.07 Å². The Morgan fingerprint density at radius 2 is 1.80 bits per heavy atom. The lowest BCUT2D eigenvalue weighted by molar-refractivity contribution is -0.114. The Bertz CT molecular complexity index is 1220. The molecule has 0 spiro atoms. The Kier molecular flexibility index (Phi) is 5.87. The van der Waals surface area contributed by atoms with E-state index >= 15 is 0 Å². The first-order chi connectivity index (χ1) is 14.5. The van der Waals surface area contributed by atoms with E-state index < -0.39 is 0 Å². The number of thiophene rings is 1. The van der Waals surface area contributed by atoms with E-state index in [2.05, 4.69) is 15.3 Å². The molecule has 0 radical (unpaired) electrons. The highest BCUT2D eigenvalue weighted by atomic mass is 32.2. The van der Waals surface area contributed by atoms with Crippen molar-refractivity contribution in [1.29, 1.82) is 0 Å². The lowest BCUT2D eigenvalue weighted by atomic mass is 10.1. The molecule has 2 aromatic carbocycles. The zero-order chi connectivity index (χ0) is 21.1. The summed E-state index contributed by atoms with van der Waals surface area (Å²) in [7, 11) is 0. The first-order valence-corrected chi connectivity index (χ1v) is 10.8. The van der Waals surface area contributed by atoms with Gasteiger partial charge in [0.25, 0.3) is 0 Å². The Hall–Kier alpha value is -3.10. The van der Waals surface area contributed by atoms with Crippen molar-refractivity contribution in [2.24, 2.45) is 0 Å². The molecular weight excluding hydrogens is 421 g/mol. The Balaban J connectivity index is 1.50.